The van der Waals surface area contributed by atoms with Crippen LogP contribution in [0.5, 0.6) is 5.88 Å². The summed E-state index contributed by atoms with van der Waals surface area (Å²) in [5, 5.41) is 5.83. The summed E-state index contributed by atoms with van der Waals surface area (Å²) < 4.78 is 5.01. The van der Waals surface area contributed by atoms with Gasteiger partial charge in [-0.25, -0.2) is 4.98 Å². The van der Waals surface area contributed by atoms with Gasteiger partial charge in [-0.05, 0) is 24.6 Å². The fraction of sp³-hybridized carbons (Fsp3) is 0.500. The first kappa shape index (κ1) is 15.2. The minimum absolute atomic E-state index is 0.273. The number of carbonyl (C=O) groups excluding carboxylic acids is 2. The fourth-order valence-corrected chi connectivity index (χ4v) is 2.12. The van der Waals surface area contributed by atoms with E-state index in [1.807, 2.05) is 0 Å². The number of nitrogens with one attached hydrogen (secondary N) is 2. The van der Waals surface area contributed by atoms with Gasteiger partial charge in [0.05, 0.1) is 7.11 Å². The summed E-state index contributed by atoms with van der Waals surface area (Å²) in [7, 11) is 1.53. The number of ether oxygens (including phenoxy) is 1. The number of hydrogen-bond acceptors (Lipinski definition) is 5. The van der Waals surface area contributed by atoms with Gasteiger partial charge in [0.2, 0.25) is 5.88 Å². The van der Waals surface area contributed by atoms with Gasteiger partial charge < -0.3 is 20.3 Å². The van der Waals surface area contributed by atoms with Crippen molar-refractivity contribution in [3.63, 3.8) is 0 Å². The van der Waals surface area contributed by atoms with Crippen molar-refractivity contribution < 1.29 is 14.3 Å². The van der Waals surface area contributed by atoms with Crippen LogP contribution < -0.4 is 15.4 Å². The number of carbonyl (C=O) groups is 2. The second kappa shape index (κ2) is 7.58. The van der Waals surface area contributed by atoms with Crippen molar-refractivity contribution in [3.05, 3.63) is 23.9 Å². The number of nitrogens with zero attached hydrogens (tertiary/aromatic N) is 2. The fourth-order valence-electron chi connectivity index (χ4n) is 2.12. The van der Waals surface area contributed by atoms with Crippen LogP contribution in [-0.4, -0.2) is 55.0 Å². The number of rotatable bonds is 3. The predicted octanol–water partition coefficient (Wildman–Crippen LogP) is -0.472. The topological polar surface area (TPSA) is 83.6 Å². The molecule has 2 rings (SSSR count). The molecule has 0 aliphatic carbocycles. The molecule has 0 bridgehead atoms. The molecule has 7 heteroatoms. The second-order valence-electron chi connectivity index (χ2n) is 4.78. The maximum absolute atomic E-state index is 12.0. The van der Waals surface area contributed by atoms with E-state index >= 15 is 0 Å². The first-order valence-corrected chi connectivity index (χ1v) is 6.97. The Labute approximate surface area is 123 Å². The maximum Gasteiger partial charge on any atom is 0.311 e. The third kappa shape index (κ3) is 4.42. The zero-order valence-electron chi connectivity index (χ0n) is 12.1. The quantitative estimate of drug-likeness (QED) is 0.736. The van der Waals surface area contributed by atoms with Gasteiger partial charge in [0.25, 0.3) is 0 Å². The Balaban J connectivity index is 1.86. The lowest BCUT2D eigenvalue weighted by Gasteiger charge is -2.19. The van der Waals surface area contributed by atoms with Crippen LogP contribution in [0.15, 0.2) is 18.3 Å². The number of methoxy groups -OCH3 is 1. The van der Waals surface area contributed by atoms with E-state index in [0.717, 1.165) is 25.1 Å². The van der Waals surface area contributed by atoms with Crippen LogP contribution in [0, 0.1) is 0 Å². The van der Waals surface area contributed by atoms with E-state index in [2.05, 4.69) is 15.6 Å². The molecule has 2 N–H and O–H groups in total. The molecule has 1 aromatic heterocycles. The molecular formula is C14H20N4O3. The summed E-state index contributed by atoms with van der Waals surface area (Å²) in [6.07, 6.45) is 2.46. The number of pyridine rings is 1. The zero-order valence-corrected chi connectivity index (χ0v) is 12.1. The molecular weight excluding hydrogens is 272 g/mol. The van der Waals surface area contributed by atoms with Crippen molar-refractivity contribution in [1.29, 1.82) is 0 Å². The Morgan fingerprint density at radius 2 is 2.29 bits per heavy atom. The van der Waals surface area contributed by atoms with Crippen LogP contribution in [0.4, 0.5) is 0 Å². The highest BCUT2D eigenvalue weighted by Crippen LogP contribution is 2.08. The minimum Gasteiger partial charge on any atom is -0.481 e. The molecule has 1 aromatic rings. The van der Waals surface area contributed by atoms with Gasteiger partial charge in [-0.2, -0.15) is 0 Å². The predicted molar refractivity (Wildman–Crippen MR) is 76.7 cm³/mol. The van der Waals surface area contributed by atoms with Crippen LogP contribution in [0.2, 0.25) is 0 Å². The highest BCUT2D eigenvalue weighted by atomic mass is 16.5. The third-order valence-corrected chi connectivity index (χ3v) is 3.28. The van der Waals surface area contributed by atoms with Gasteiger partial charge in [-0.1, -0.05) is 0 Å². The Morgan fingerprint density at radius 3 is 3.10 bits per heavy atom. The van der Waals surface area contributed by atoms with Crippen LogP contribution in [-0.2, 0) is 16.1 Å². The first-order valence-electron chi connectivity index (χ1n) is 6.97. The monoisotopic (exact) mass is 292 g/mol. The third-order valence-electron chi connectivity index (χ3n) is 3.28. The maximum atomic E-state index is 12.0. The smallest absolute Gasteiger partial charge is 0.311 e. The lowest BCUT2D eigenvalue weighted by atomic mass is 10.2. The molecule has 21 heavy (non-hydrogen) atoms. The number of aromatic nitrogens is 1. The lowest BCUT2D eigenvalue weighted by molar-refractivity contribution is -0.145. The molecule has 1 saturated heterocycles. The van der Waals surface area contributed by atoms with E-state index in [0.29, 0.717) is 19.0 Å². The Kier molecular flexibility index (Phi) is 5.51. The summed E-state index contributed by atoms with van der Waals surface area (Å²) in [6.45, 7) is 3.05. The Bertz CT molecular complexity index is 499. The van der Waals surface area contributed by atoms with Crippen LogP contribution in [0.1, 0.15) is 12.0 Å². The van der Waals surface area contributed by atoms with Gasteiger partial charge in [0.15, 0.2) is 0 Å². The zero-order chi connectivity index (χ0) is 15.1. The molecule has 1 aliphatic rings. The van der Waals surface area contributed by atoms with E-state index in [1.54, 1.807) is 23.2 Å². The van der Waals surface area contributed by atoms with Crippen LogP contribution in [0.25, 0.3) is 0 Å². The molecule has 0 aromatic carbocycles. The summed E-state index contributed by atoms with van der Waals surface area (Å²) in [5.74, 6) is -0.570. The van der Waals surface area contributed by atoms with Crippen molar-refractivity contribution in [1.82, 2.24) is 20.5 Å². The Morgan fingerprint density at radius 1 is 1.43 bits per heavy atom. The molecule has 0 atom stereocenters. The van der Waals surface area contributed by atoms with Gasteiger partial charge in [0, 0.05) is 38.4 Å². The van der Waals surface area contributed by atoms with Crippen molar-refractivity contribution in [2.45, 2.75) is 13.0 Å². The molecule has 0 spiro atoms. The van der Waals surface area contributed by atoms with Gasteiger partial charge in [-0.15, -0.1) is 0 Å². The summed E-state index contributed by atoms with van der Waals surface area (Å²) in [4.78, 5) is 29.5. The van der Waals surface area contributed by atoms with E-state index in [-0.39, 0.29) is 6.54 Å². The van der Waals surface area contributed by atoms with Gasteiger partial charge >= 0.3 is 11.8 Å². The van der Waals surface area contributed by atoms with E-state index < -0.39 is 11.8 Å². The van der Waals surface area contributed by atoms with Crippen molar-refractivity contribution in [3.8, 4) is 5.88 Å². The average Bonchev–Trinajstić information content (AvgIpc) is 2.81. The van der Waals surface area contributed by atoms with E-state index in [9.17, 15) is 9.59 Å². The molecule has 0 saturated carbocycles. The standard InChI is InChI=1S/C14H20N4O3/c1-21-12-9-11(3-5-16-12)10-17-13(19)14(20)18-7-2-4-15-6-8-18/h3,5,9,15H,2,4,6-8,10H2,1H3,(H,17,19). The van der Waals surface area contributed by atoms with Crippen molar-refractivity contribution >= 4 is 11.8 Å². The molecule has 114 valence electrons. The molecule has 1 aliphatic heterocycles. The van der Waals surface area contributed by atoms with E-state index in [1.165, 1.54) is 7.11 Å². The molecule has 2 heterocycles. The summed E-state index contributed by atoms with van der Waals surface area (Å²) in [5.41, 5.74) is 0.834. The normalized spacial score (nSPS) is 15.2. The number of hydrogen-bond donors (Lipinski definition) is 2. The molecule has 0 unspecified atom stereocenters. The van der Waals surface area contributed by atoms with Gasteiger partial charge in [-0.3, -0.25) is 9.59 Å². The highest BCUT2D eigenvalue weighted by molar-refractivity contribution is 6.34. The first-order chi connectivity index (χ1) is 10.2. The minimum atomic E-state index is -0.576. The molecule has 1 fully saturated rings. The SMILES string of the molecule is COc1cc(CNC(=O)C(=O)N2CCCNCC2)ccn1. The molecule has 2 amide bonds. The van der Waals surface area contributed by atoms with Crippen LogP contribution in [0.3, 0.4) is 0 Å². The summed E-state index contributed by atoms with van der Waals surface area (Å²) >= 11 is 0. The van der Waals surface area contributed by atoms with Crippen molar-refractivity contribution in [2.75, 3.05) is 33.3 Å². The largest absolute Gasteiger partial charge is 0.481 e. The highest BCUT2D eigenvalue weighted by Gasteiger charge is 2.22. The average molecular weight is 292 g/mol. The summed E-state index contributed by atoms with van der Waals surface area (Å²) in [6, 6.07) is 3.49. The van der Waals surface area contributed by atoms with Crippen LogP contribution >= 0.6 is 0 Å². The molecule has 7 nitrogen and oxygen atoms in total. The van der Waals surface area contributed by atoms with Crippen molar-refractivity contribution in [2.24, 2.45) is 0 Å². The number of amides is 2. The Hall–Kier alpha value is -2.15. The van der Waals surface area contributed by atoms with Gasteiger partial charge in [0.1, 0.15) is 0 Å². The lowest BCUT2D eigenvalue weighted by Crippen LogP contribution is -2.44. The second-order valence-corrected chi connectivity index (χ2v) is 4.78. The molecule has 0 radical (unpaired) electrons. The van der Waals surface area contributed by atoms with E-state index in [4.69, 9.17) is 4.74 Å².